The van der Waals surface area contributed by atoms with Crippen LogP contribution in [-0.4, -0.2) is 22.5 Å². The minimum atomic E-state index is -1.22. The van der Waals surface area contributed by atoms with Gasteiger partial charge in [-0.3, -0.25) is 4.79 Å². The second kappa shape index (κ2) is 5.03. The topological polar surface area (TPSA) is 75.4 Å². The lowest BCUT2D eigenvalue weighted by atomic mass is 10.0. The maximum atomic E-state index is 12.2. The number of hydrogen-bond acceptors (Lipinski definition) is 5. The molecular weight excluding hydrogens is 276 g/mol. The first-order valence-corrected chi connectivity index (χ1v) is 7.44. The Morgan fingerprint density at radius 1 is 1.65 bits per heavy atom. The molecule has 6 heteroatoms. The first-order valence-electron chi connectivity index (χ1n) is 6.56. The summed E-state index contributed by atoms with van der Waals surface area (Å²) in [5.74, 6) is 0.693. The standard InChI is InChI=1S/C14H16N2O3S/c1-14(18,10-3-2-6-19-10)7-15-13(17)12-11(9-4-5-9)16-8-20-12/h2-3,6,8-9,18H,4-5,7H2,1H3,(H,15,17). The number of furan rings is 1. The summed E-state index contributed by atoms with van der Waals surface area (Å²) in [6.07, 6.45) is 3.71. The molecule has 2 aromatic rings. The molecule has 0 aromatic carbocycles. The molecule has 20 heavy (non-hydrogen) atoms. The highest BCUT2D eigenvalue weighted by molar-refractivity contribution is 7.11. The highest BCUT2D eigenvalue weighted by Crippen LogP contribution is 2.41. The smallest absolute Gasteiger partial charge is 0.263 e. The third-order valence-electron chi connectivity index (χ3n) is 3.41. The number of thiazole rings is 1. The quantitative estimate of drug-likeness (QED) is 0.886. The van der Waals surface area contributed by atoms with Crippen LogP contribution in [0, 0.1) is 0 Å². The van der Waals surface area contributed by atoms with E-state index in [0.717, 1.165) is 18.5 Å². The van der Waals surface area contributed by atoms with E-state index in [1.54, 1.807) is 24.6 Å². The molecule has 0 spiro atoms. The van der Waals surface area contributed by atoms with E-state index in [0.29, 0.717) is 16.6 Å². The van der Waals surface area contributed by atoms with E-state index >= 15 is 0 Å². The summed E-state index contributed by atoms with van der Waals surface area (Å²) in [4.78, 5) is 17.1. The summed E-state index contributed by atoms with van der Waals surface area (Å²) >= 11 is 1.35. The maximum absolute atomic E-state index is 12.2. The Kier molecular flexibility index (Phi) is 3.35. The molecule has 0 radical (unpaired) electrons. The molecule has 1 unspecified atom stereocenters. The van der Waals surface area contributed by atoms with Gasteiger partial charge in [0.05, 0.1) is 24.0 Å². The Hall–Kier alpha value is -1.66. The first kappa shape index (κ1) is 13.3. The minimum absolute atomic E-state index is 0.0986. The molecule has 1 saturated carbocycles. The second-order valence-electron chi connectivity index (χ2n) is 5.27. The summed E-state index contributed by atoms with van der Waals surface area (Å²) in [6, 6.07) is 3.40. The molecule has 106 valence electrons. The van der Waals surface area contributed by atoms with Gasteiger partial charge in [-0.25, -0.2) is 4.98 Å². The van der Waals surface area contributed by atoms with Crippen molar-refractivity contribution < 1.29 is 14.3 Å². The highest BCUT2D eigenvalue weighted by Gasteiger charge is 2.32. The van der Waals surface area contributed by atoms with Crippen LogP contribution in [0.3, 0.4) is 0 Å². The predicted octanol–water partition coefficient (Wildman–Crippen LogP) is 2.25. The summed E-state index contributed by atoms with van der Waals surface area (Å²) in [5, 5.41) is 13.0. The van der Waals surface area contributed by atoms with Crippen LogP contribution in [0.2, 0.25) is 0 Å². The molecule has 0 aliphatic heterocycles. The van der Waals surface area contributed by atoms with Crippen LogP contribution in [0.15, 0.2) is 28.3 Å². The van der Waals surface area contributed by atoms with Gasteiger partial charge < -0.3 is 14.8 Å². The molecule has 2 N–H and O–H groups in total. The average molecular weight is 292 g/mol. The molecular formula is C14H16N2O3S. The fraction of sp³-hybridized carbons (Fsp3) is 0.429. The number of nitrogens with one attached hydrogen (secondary N) is 1. The lowest BCUT2D eigenvalue weighted by Crippen LogP contribution is -2.38. The van der Waals surface area contributed by atoms with Crippen LogP contribution in [-0.2, 0) is 5.60 Å². The summed E-state index contributed by atoms with van der Waals surface area (Å²) in [5.41, 5.74) is 1.38. The van der Waals surface area contributed by atoms with Crippen molar-refractivity contribution in [3.05, 3.63) is 40.2 Å². The van der Waals surface area contributed by atoms with E-state index in [1.165, 1.54) is 17.6 Å². The van der Waals surface area contributed by atoms with Crippen molar-refractivity contribution in [1.29, 1.82) is 0 Å². The molecule has 1 fully saturated rings. The highest BCUT2D eigenvalue weighted by atomic mass is 32.1. The third kappa shape index (κ3) is 2.62. The summed E-state index contributed by atoms with van der Waals surface area (Å²) < 4.78 is 5.18. The second-order valence-corrected chi connectivity index (χ2v) is 6.13. The van der Waals surface area contributed by atoms with Crippen LogP contribution in [0.25, 0.3) is 0 Å². The van der Waals surface area contributed by atoms with Gasteiger partial charge in [0.2, 0.25) is 0 Å². The SMILES string of the molecule is CC(O)(CNC(=O)c1scnc1C1CC1)c1ccco1. The van der Waals surface area contributed by atoms with Crippen LogP contribution >= 0.6 is 11.3 Å². The zero-order valence-corrected chi connectivity index (χ0v) is 11.9. The Bertz CT molecular complexity index is 600. The van der Waals surface area contributed by atoms with Crippen LogP contribution < -0.4 is 5.32 Å². The van der Waals surface area contributed by atoms with E-state index in [2.05, 4.69) is 10.3 Å². The average Bonchev–Trinajstić information content (AvgIpc) is 2.96. The van der Waals surface area contributed by atoms with Crippen molar-refractivity contribution in [1.82, 2.24) is 10.3 Å². The Labute approximate surface area is 120 Å². The Morgan fingerprint density at radius 2 is 2.45 bits per heavy atom. The van der Waals surface area contributed by atoms with Crippen LogP contribution in [0.1, 0.15) is 46.8 Å². The van der Waals surface area contributed by atoms with Gasteiger partial charge in [0, 0.05) is 5.92 Å². The van der Waals surface area contributed by atoms with Crippen LogP contribution in [0.5, 0.6) is 0 Å². The van der Waals surface area contributed by atoms with E-state index < -0.39 is 5.60 Å². The maximum Gasteiger partial charge on any atom is 0.263 e. The van der Waals surface area contributed by atoms with Gasteiger partial charge in [0.1, 0.15) is 16.2 Å². The van der Waals surface area contributed by atoms with Crippen molar-refractivity contribution in [2.75, 3.05) is 6.54 Å². The fourth-order valence-corrected chi connectivity index (χ4v) is 2.87. The summed E-state index contributed by atoms with van der Waals surface area (Å²) in [7, 11) is 0. The monoisotopic (exact) mass is 292 g/mol. The van der Waals surface area contributed by atoms with Crippen molar-refractivity contribution >= 4 is 17.2 Å². The van der Waals surface area contributed by atoms with Crippen molar-refractivity contribution in [3.8, 4) is 0 Å². The lowest BCUT2D eigenvalue weighted by molar-refractivity contribution is 0.0331. The lowest BCUT2D eigenvalue weighted by Gasteiger charge is -2.21. The predicted molar refractivity (Wildman–Crippen MR) is 74.7 cm³/mol. The molecule has 1 atom stereocenters. The molecule has 5 nitrogen and oxygen atoms in total. The number of hydrogen-bond donors (Lipinski definition) is 2. The van der Waals surface area contributed by atoms with Gasteiger partial charge in [-0.2, -0.15) is 0 Å². The molecule has 0 saturated heterocycles. The van der Waals surface area contributed by atoms with Gasteiger partial charge >= 0.3 is 0 Å². The number of nitrogens with zero attached hydrogens (tertiary/aromatic N) is 1. The van der Waals surface area contributed by atoms with Crippen LogP contribution in [0.4, 0.5) is 0 Å². The third-order valence-corrected chi connectivity index (χ3v) is 4.25. The van der Waals surface area contributed by atoms with Gasteiger partial charge in [0.25, 0.3) is 5.91 Å². The molecule has 3 rings (SSSR count). The van der Waals surface area contributed by atoms with Crippen molar-refractivity contribution in [2.24, 2.45) is 0 Å². The number of carbonyl (C=O) groups is 1. The van der Waals surface area contributed by atoms with Gasteiger partial charge in [-0.15, -0.1) is 11.3 Å². The van der Waals surface area contributed by atoms with Crippen molar-refractivity contribution in [2.45, 2.75) is 31.3 Å². The Balaban J connectivity index is 1.66. The first-order chi connectivity index (χ1) is 9.58. The molecule has 1 aliphatic carbocycles. The zero-order chi connectivity index (χ0) is 14.2. The zero-order valence-electron chi connectivity index (χ0n) is 11.1. The van der Waals surface area contributed by atoms with E-state index in [9.17, 15) is 9.90 Å². The van der Waals surface area contributed by atoms with E-state index in [4.69, 9.17) is 4.42 Å². The molecule has 2 aromatic heterocycles. The molecule has 2 heterocycles. The number of aromatic nitrogens is 1. The van der Waals surface area contributed by atoms with Gasteiger partial charge in [-0.05, 0) is 31.9 Å². The number of amides is 1. The van der Waals surface area contributed by atoms with E-state index in [1.807, 2.05) is 0 Å². The largest absolute Gasteiger partial charge is 0.466 e. The van der Waals surface area contributed by atoms with E-state index in [-0.39, 0.29) is 12.5 Å². The normalized spacial score (nSPS) is 17.7. The molecule has 0 bridgehead atoms. The number of rotatable bonds is 5. The molecule has 1 aliphatic rings. The van der Waals surface area contributed by atoms with Crippen molar-refractivity contribution in [3.63, 3.8) is 0 Å². The van der Waals surface area contributed by atoms with Gasteiger partial charge in [0.15, 0.2) is 0 Å². The number of aliphatic hydroxyl groups is 1. The fourth-order valence-electron chi connectivity index (χ4n) is 2.08. The minimum Gasteiger partial charge on any atom is -0.466 e. The Morgan fingerprint density at radius 3 is 3.10 bits per heavy atom. The summed E-state index contributed by atoms with van der Waals surface area (Å²) in [6.45, 7) is 1.71. The molecule has 1 amide bonds. The number of carbonyl (C=O) groups excluding carboxylic acids is 1. The van der Waals surface area contributed by atoms with Gasteiger partial charge in [-0.1, -0.05) is 0 Å².